The molecule has 2 atom stereocenters. The maximum atomic E-state index is 6.22. The molecule has 17 heavy (non-hydrogen) atoms. The van der Waals surface area contributed by atoms with Crippen LogP contribution in [0.4, 0.5) is 0 Å². The molecular formula is C13H19Cl2NO. The molecule has 4 heteroatoms. The molecule has 0 aliphatic heterocycles. The molecule has 1 aromatic carbocycles. The van der Waals surface area contributed by atoms with Gasteiger partial charge < -0.3 is 10.1 Å². The Balaban J connectivity index is 2.82. The van der Waals surface area contributed by atoms with E-state index in [0.29, 0.717) is 16.0 Å². The zero-order chi connectivity index (χ0) is 12.8. The largest absolute Gasteiger partial charge is 0.384 e. The van der Waals surface area contributed by atoms with E-state index in [1.807, 2.05) is 19.2 Å². The van der Waals surface area contributed by atoms with E-state index < -0.39 is 0 Å². The highest BCUT2D eigenvalue weighted by Gasteiger charge is 2.17. The SMILES string of the molecule is CNC(CC(C)COC)c1cccc(Cl)c1Cl. The molecule has 0 aliphatic rings. The van der Waals surface area contributed by atoms with Crippen molar-refractivity contribution in [2.24, 2.45) is 5.92 Å². The quantitative estimate of drug-likeness (QED) is 0.850. The minimum absolute atomic E-state index is 0.200. The van der Waals surface area contributed by atoms with Gasteiger partial charge in [0, 0.05) is 19.8 Å². The molecule has 0 saturated carbocycles. The third kappa shape index (κ3) is 4.14. The van der Waals surface area contributed by atoms with Crippen LogP contribution in [-0.2, 0) is 4.74 Å². The predicted octanol–water partition coefficient (Wildman–Crippen LogP) is 3.93. The molecule has 0 radical (unpaired) electrons. The van der Waals surface area contributed by atoms with Gasteiger partial charge in [0.15, 0.2) is 0 Å². The van der Waals surface area contributed by atoms with E-state index in [9.17, 15) is 0 Å². The fourth-order valence-corrected chi connectivity index (χ4v) is 2.38. The molecule has 0 amide bonds. The number of ether oxygens (including phenoxy) is 1. The Bertz CT molecular complexity index is 357. The van der Waals surface area contributed by atoms with Crippen molar-refractivity contribution in [3.05, 3.63) is 33.8 Å². The van der Waals surface area contributed by atoms with E-state index in [1.165, 1.54) is 0 Å². The van der Waals surface area contributed by atoms with Crippen LogP contribution in [0.15, 0.2) is 18.2 Å². The fourth-order valence-electron chi connectivity index (χ4n) is 1.94. The van der Waals surface area contributed by atoms with Crippen molar-refractivity contribution in [3.8, 4) is 0 Å². The zero-order valence-electron chi connectivity index (χ0n) is 10.5. The van der Waals surface area contributed by atoms with Gasteiger partial charge in [0.05, 0.1) is 10.0 Å². The molecule has 0 aromatic heterocycles. The van der Waals surface area contributed by atoms with Gasteiger partial charge in [-0.05, 0) is 31.0 Å². The molecule has 0 saturated heterocycles. The van der Waals surface area contributed by atoms with Crippen LogP contribution < -0.4 is 5.32 Å². The lowest BCUT2D eigenvalue weighted by Gasteiger charge is -2.22. The number of methoxy groups -OCH3 is 1. The monoisotopic (exact) mass is 275 g/mol. The minimum atomic E-state index is 0.200. The van der Waals surface area contributed by atoms with Gasteiger partial charge in [0.2, 0.25) is 0 Å². The molecule has 2 nitrogen and oxygen atoms in total. The molecule has 0 fully saturated rings. The summed E-state index contributed by atoms with van der Waals surface area (Å²) in [7, 11) is 3.65. The highest BCUT2D eigenvalue weighted by molar-refractivity contribution is 6.42. The Kier molecular flexibility index (Phi) is 6.28. The highest BCUT2D eigenvalue weighted by Crippen LogP contribution is 2.32. The Morgan fingerprint density at radius 3 is 2.65 bits per heavy atom. The van der Waals surface area contributed by atoms with Crippen LogP contribution in [0.2, 0.25) is 10.0 Å². The number of nitrogens with one attached hydrogen (secondary N) is 1. The van der Waals surface area contributed by atoms with Gasteiger partial charge in [-0.25, -0.2) is 0 Å². The minimum Gasteiger partial charge on any atom is -0.384 e. The number of hydrogen-bond acceptors (Lipinski definition) is 2. The van der Waals surface area contributed by atoms with Gasteiger partial charge in [-0.1, -0.05) is 42.3 Å². The first kappa shape index (κ1) is 14.8. The lowest BCUT2D eigenvalue weighted by Crippen LogP contribution is -2.21. The van der Waals surface area contributed by atoms with Crippen molar-refractivity contribution in [1.82, 2.24) is 5.32 Å². The molecule has 96 valence electrons. The summed E-state index contributed by atoms with van der Waals surface area (Å²) in [6.07, 6.45) is 0.963. The summed E-state index contributed by atoms with van der Waals surface area (Å²) < 4.78 is 5.15. The van der Waals surface area contributed by atoms with E-state index in [2.05, 4.69) is 12.2 Å². The van der Waals surface area contributed by atoms with Crippen LogP contribution in [0, 0.1) is 5.92 Å². The average molecular weight is 276 g/mol. The molecule has 2 unspecified atom stereocenters. The highest BCUT2D eigenvalue weighted by atomic mass is 35.5. The van der Waals surface area contributed by atoms with Gasteiger partial charge in [-0.3, -0.25) is 0 Å². The van der Waals surface area contributed by atoms with Crippen LogP contribution in [0.1, 0.15) is 24.9 Å². The molecule has 1 N–H and O–H groups in total. The van der Waals surface area contributed by atoms with Gasteiger partial charge >= 0.3 is 0 Å². The zero-order valence-corrected chi connectivity index (χ0v) is 12.0. The summed E-state index contributed by atoms with van der Waals surface area (Å²) in [4.78, 5) is 0. The van der Waals surface area contributed by atoms with Crippen molar-refractivity contribution in [2.45, 2.75) is 19.4 Å². The maximum Gasteiger partial charge on any atom is 0.0640 e. The number of rotatable bonds is 6. The van der Waals surface area contributed by atoms with E-state index in [-0.39, 0.29) is 6.04 Å². The van der Waals surface area contributed by atoms with Crippen molar-refractivity contribution >= 4 is 23.2 Å². The predicted molar refractivity (Wildman–Crippen MR) is 73.9 cm³/mol. The number of hydrogen-bond donors (Lipinski definition) is 1. The number of benzene rings is 1. The normalized spacial score (nSPS) is 14.6. The van der Waals surface area contributed by atoms with Gasteiger partial charge in [0.25, 0.3) is 0 Å². The van der Waals surface area contributed by atoms with Crippen LogP contribution in [0.25, 0.3) is 0 Å². The molecule has 1 aromatic rings. The Hall–Kier alpha value is -0.280. The van der Waals surface area contributed by atoms with Crippen LogP contribution in [-0.4, -0.2) is 20.8 Å². The second-order valence-electron chi connectivity index (χ2n) is 4.28. The van der Waals surface area contributed by atoms with Crippen molar-refractivity contribution in [2.75, 3.05) is 20.8 Å². The van der Waals surface area contributed by atoms with Crippen molar-refractivity contribution in [3.63, 3.8) is 0 Å². The van der Waals surface area contributed by atoms with Crippen molar-refractivity contribution < 1.29 is 4.74 Å². The van der Waals surface area contributed by atoms with E-state index in [0.717, 1.165) is 18.6 Å². The fraction of sp³-hybridized carbons (Fsp3) is 0.538. The lowest BCUT2D eigenvalue weighted by molar-refractivity contribution is 0.150. The summed E-state index contributed by atoms with van der Waals surface area (Å²) in [5.74, 6) is 0.465. The van der Waals surface area contributed by atoms with Gasteiger partial charge in [-0.15, -0.1) is 0 Å². The molecule has 0 heterocycles. The Morgan fingerprint density at radius 2 is 2.06 bits per heavy atom. The first-order chi connectivity index (χ1) is 8.10. The van der Waals surface area contributed by atoms with Gasteiger partial charge in [-0.2, -0.15) is 0 Å². The summed E-state index contributed by atoms with van der Waals surface area (Å²) in [5, 5.41) is 4.51. The first-order valence-electron chi connectivity index (χ1n) is 5.70. The molecule has 0 aliphatic carbocycles. The molecule has 0 spiro atoms. The average Bonchev–Trinajstić information content (AvgIpc) is 2.30. The van der Waals surface area contributed by atoms with Crippen molar-refractivity contribution in [1.29, 1.82) is 0 Å². The maximum absolute atomic E-state index is 6.22. The summed E-state index contributed by atoms with van der Waals surface area (Å²) in [5.41, 5.74) is 1.05. The smallest absolute Gasteiger partial charge is 0.0640 e. The summed E-state index contributed by atoms with van der Waals surface area (Å²) in [6.45, 7) is 2.91. The first-order valence-corrected chi connectivity index (χ1v) is 6.45. The van der Waals surface area contributed by atoms with E-state index in [1.54, 1.807) is 13.2 Å². The second-order valence-corrected chi connectivity index (χ2v) is 5.07. The Morgan fingerprint density at radius 1 is 1.35 bits per heavy atom. The Labute approximate surface area is 113 Å². The topological polar surface area (TPSA) is 21.3 Å². The van der Waals surface area contributed by atoms with Crippen LogP contribution >= 0.6 is 23.2 Å². The molecular weight excluding hydrogens is 257 g/mol. The summed E-state index contributed by atoms with van der Waals surface area (Å²) in [6, 6.07) is 5.94. The molecule has 0 bridgehead atoms. The second kappa shape index (κ2) is 7.22. The third-order valence-corrected chi connectivity index (χ3v) is 3.63. The standard InChI is InChI=1S/C13H19Cl2NO/c1-9(8-17-3)7-12(16-2)10-5-4-6-11(14)13(10)15/h4-6,9,12,16H,7-8H2,1-3H3. The van der Waals surface area contributed by atoms with Crippen LogP contribution in [0.5, 0.6) is 0 Å². The number of halogens is 2. The molecule has 1 rings (SSSR count). The van der Waals surface area contributed by atoms with E-state index >= 15 is 0 Å². The lowest BCUT2D eigenvalue weighted by atomic mass is 9.96. The van der Waals surface area contributed by atoms with Crippen LogP contribution in [0.3, 0.4) is 0 Å². The summed E-state index contributed by atoms with van der Waals surface area (Å²) >= 11 is 12.3. The van der Waals surface area contributed by atoms with Gasteiger partial charge in [0.1, 0.15) is 0 Å². The third-order valence-electron chi connectivity index (χ3n) is 2.79. The van der Waals surface area contributed by atoms with E-state index in [4.69, 9.17) is 27.9 Å².